The van der Waals surface area contributed by atoms with Gasteiger partial charge < -0.3 is 4.42 Å². The van der Waals surface area contributed by atoms with Crippen LogP contribution in [0.3, 0.4) is 0 Å². The summed E-state index contributed by atoms with van der Waals surface area (Å²) in [4.78, 5) is 12.6. The Labute approximate surface area is 110 Å². The van der Waals surface area contributed by atoms with E-state index in [-0.39, 0.29) is 5.91 Å². The van der Waals surface area contributed by atoms with Crippen LogP contribution in [0.15, 0.2) is 45.9 Å². The summed E-state index contributed by atoms with van der Waals surface area (Å²) in [5, 5.41) is 0. The van der Waals surface area contributed by atoms with Crippen molar-refractivity contribution in [3.05, 3.63) is 53.5 Å². The molecule has 0 saturated heterocycles. The lowest BCUT2D eigenvalue weighted by molar-refractivity contribution is 0.0952. The van der Waals surface area contributed by atoms with E-state index in [1.807, 2.05) is 18.2 Å². The molecule has 1 aromatic carbocycles. The van der Waals surface area contributed by atoms with E-state index in [0.717, 1.165) is 0 Å². The van der Waals surface area contributed by atoms with Gasteiger partial charge in [-0.1, -0.05) is 18.2 Å². The van der Waals surface area contributed by atoms with Crippen LogP contribution in [0.4, 0.5) is 0 Å². The zero-order valence-corrected chi connectivity index (χ0v) is 10.8. The Morgan fingerprint density at radius 1 is 1.39 bits per heavy atom. The molecule has 1 amide bonds. The number of hydrazine groups is 1. The lowest BCUT2D eigenvalue weighted by Crippen LogP contribution is -2.30. The molecule has 0 spiro atoms. The second-order valence-electron chi connectivity index (χ2n) is 3.79. The van der Waals surface area contributed by atoms with Crippen LogP contribution in [0.1, 0.15) is 21.7 Å². The lowest BCUT2D eigenvalue weighted by Gasteiger charge is -2.04. The molecule has 2 rings (SSSR count). The van der Waals surface area contributed by atoms with Crippen LogP contribution >= 0.6 is 11.8 Å². The number of thioether (sulfide) groups is 1. The minimum Gasteiger partial charge on any atom is -0.468 e. The van der Waals surface area contributed by atoms with Gasteiger partial charge in [0.1, 0.15) is 5.76 Å². The molecule has 0 aliphatic carbocycles. The number of carbonyl (C=O) groups is 1. The third-order valence-electron chi connectivity index (χ3n) is 2.57. The van der Waals surface area contributed by atoms with E-state index in [4.69, 9.17) is 10.3 Å². The van der Waals surface area contributed by atoms with E-state index in [1.165, 1.54) is 16.7 Å². The van der Waals surface area contributed by atoms with Gasteiger partial charge in [-0.2, -0.15) is 0 Å². The fourth-order valence-corrected chi connectivity index (χ4v) is 2.57. The molecule has 4 nitrogen and oxygen atoms in total. The van der Waals surface area contributed by atoms with Crippen LogP contribution < -0.4 is 11.3 Å². The Kier molecular flexibility index (Phi) is 4.07. The summed E-state index contributed by atoms with van der Waals surface area (Å²) >= 11 is 1.63. The zero-order chi connectivity index (χ0) is 13.0. The number of amides is 1. The van der Waals surface area contributed by atoms with Crippen LogP contribution in [0.2, 0.25) is 0 Å². The average Bonchev–Trinajstić information content (AvgIpc) is 2.85. The second kappa shape index (κ2) is 5.75. The molecule has 0 aliphatic heterocycles. The highest BCUT2D eigenvalue weighted by molar-refractivity contribution is 7.98. The Morgan fingerprint density at radius 3 is 2.89 bits per heavy atom. The van der Waals surface area contributed by atoms with Gasteiger partial charge in [0.2, 0.25) is 0 Å². The maximum Gasteiger partial charge on any atom is 0.268 e. The van der Waals surface area contributed by atoms with Gasteiger partial charge in [-0.25, -0.2) is 5.84 Å². The predicted molar refractivity (Wildman–Crippen MR) is 71.1 cm³/mol. The van der Waals surface area contributed by atoms with Gasteiger partial charge in [0, 0.05) is 4.90 Å². The van der Waals surface area contributed by atoms with E-state index in [2.05, 4.69) is 18.4 Å². The van der Waals surface area contributed by atoms with Gasteiger partial charge in [-0.15, -0.1) is 11.8 Å². The van der Waals surface area contributed by atoms with Gasteiger partial charge in [0.05, 0.1) is 17.6 Å². The number of furan rings is 1. The van der Waals surface area contributed by atoms with Crippen LogP contribution in [-0.4, -0.2) is 5.91 Å². The van der Waals surface area contributed by atoms with Crippen LogP contribution in [-0.2, 0) is 5.75 Å². The molecule has 5 heteroatoms. The SMILES string of the molecule is Cc1ccccc1SCc1occc1C(=O)NN. The zero-order valence-electron chi connectivity index (χ0n) is 9.97. The Balaban J connectivity index is 2.09. The quantitative estimate of drug-likeness (QED) is 0.384. The molecule has 0 unspecified atom stereocenters. The van der Waals surface area contributed by atoms with Gasteiger partial charge in [-0.3, -0.25) is 10.2 Å². The number of benzene rings is 1. The number of nitrogens with one attached hydrogen (secondary N) is 1. The molecule has 0 aliphatic rings. The smallest absolute Gasteiger partial charge is 0.268 e. The van der Waals surface area contributed by atoms with Crippen molar-refractivity contribution in [3.63, 3.8) is 0 Å². The Hall–Kier alpha value is -1.72. The summed E-state index contributed by atoms with van der Waals surface area (Å²) in [7, 11) is 0. The molecule has 1 heterocycles. The largest absolute Gasteiger partial charge is 0.468 e. The minimum absolute atomic E-state index is 0.330. The third-order valence-corrected chi connectivity index (χ3v) is 3.75. The minimum atomic E-state index is -0.330. The number of aryl methyl sites for hydroxylation is 1. The average molecular weight is 262 g/mol. The molecule has 18 heavy (non-hydrogen) atoms. The molecule has 0 saturated carbocycles. The molecule has 0 bridgehead atoms. The van der Waals surface area contributed by atoms with Crippen molar-refractivity contribution in [2.24, 2.45) is 5.84 Å². The van der Waals surface area contributed by atoms with Crippen LogP contribution in [0, 0.1) is 6.92 Å². The van der Waals surface area contributed by atoms with E-state index >= 15 is 0 Å². The summed E-state index contributed by atoms with van der Waals surface area (Å²) in [6.45, 7) is 2.05. The summed E-state index contributed by atoms with van der Waals surface area (Å²) in [6.07, 6.45) is 1.50. The molecule has 3 N–H and O–H groups in total. The third kappa shape index (κ3) is 2.75. The van der Waals surface area contributed by atoms with Crippen molar-refractivity contribution >= 4 is 17.7 Å². The number of hydrogen-bond donors (Lipinski definition) is 2. The van der Waals surface area contributed by atoms with E-state index in [0.29, 0.717) is 17.1 Å². The second-order valence-corrected chi connectivity index (χ2v) is 4.80. The van der Waals surface area contributed by atoms with Crippen molar-refractivity contribution < 1.29 is 9.21 Å². The number of nitrogens with two attached hydrogens (primary N) is 1. The first-order chi connectivity index (χ1) is 8.72. The lowest BCUT2D eigenvalue weighted by atomic mass is 10.2. The molecule has 0 atom stereocenters. The monoisotopic (exact) mass is 262 g/mol. The highest BCUT2D eigenvalue weighted by atomic mass is 32.2. The topological polar surface area (TPSA) is 68.3 Å². The fourth-order valence-electron chi connectivity index (χ4n) is 1.59. The van der Waals surface area contributed by atoms with Gasteiger partial charge in [-0.05, 0) is 24.6 Å². The van der Waals surface area contributed by atoms with Crippen molar-refractivity contribution in [2.75, 3.05) is 0 Å². The first kappa shape index (κ1) is 12.7. The van der Waals surface area contributed by atoms with E-state index in [1.54, 1.807) is 17.8 Å². The molecule has 0 fully saturated rings. The first-order valence-corrected chi connectivity index (χ1v) is 6.46. The number of rotatable bonds is 4. The van der Waals surface area contributed by atoms with Crippen molar-refractivity contribution in [1.82, 2.24) is 5.43 Å². The molecule has 1 aromatic heterocycles. The summed E-state index contributed by atoms with van der Waals surface area (Å²) < 4.78 is 5.31. The number of hydrogen-bond acceptors (Lipinski definition) is 4. The van der Waals surface area contributed by atoms with Crippen molar-refractivity contribution in [3.8, 4) is 0 Å². The highest BCUT2D eigenvalue weighted by Gasteiger charge is 2.13. The number of carbonyl (C=O) groups excluding carboxylic acids is 1. The molecular formula is C13H14N2O2S. The summed E-state index contributed by atoms with van der Waals surface area (Å²) in [5.74, 6) is 6.01. The molecular weight excluding hydrogens is 248 g/mol. The van der Waals surface area contributed by atoms with Crippen molar-refractivity contribution in [2.45, 2.75) is 17.6 Å². The Bertz CT molecular complexity index is 551. The highest BCUT2D eigenvalue weighted by Crippen LogP contribution is 2.27. The van der Waals surface area contributed by atoms with E-state index in [9.17, 15) is 4.79 Å². The van der Waals surface area contributed by atoms with Gasteiger partial charge in [0.15, 0.2) is 0 Å². The van der Waals surface area contributed by atoms with Crippen LogP contribution in [0.25, 0.3) is 0 Å². The summed E-state index contributed by atoms with van der Waals surface area (Å²) in [6, 6.07) is 9.71. The number of nitrogen functional groups attached to an aromatic ring is 1. The van der Waals surface area contributed by atoms with Gasteiger partial charge >= 0.3 is 0 Å². The summed E-state index contributed by atoms with van der Waals surface area (Å²) in [5.41, 5.74) is 3.80. The Morgan fingerprint density at radius 2 is 2.17 bits per heavy atom. The maximum absolute atomic E-state index is 11.5. The molecule has 2 aromatic rings. The fraction of sp³-hybridized carbons (Fsp3) is 0.154. The normalized spacial score (nSPS) is 10.3. The predicted octanol–water partition coefficient (Wildman–Crippen LogP) is 2.48. The van der Waals surface area contributed by atoms with E-state index < -0.39 is 0 Å². The standard InChI is InChI=1S/C13H14N2O2S/c1-9-4-2-3-5-12(9)18-8-11-10(6-7-17-11)13(16)15-14/h2-7H,8,14H2,1H3,(H,15,16). The van der Waals surface area contributed by atoms with Gasteiger partial charge in [0.25, 0.3) is 5.91 Å². The molecule has 0 radical (unpaired) electrons. The molecule has 94 valence electrons. The maximum atomic E-state index is 11.5. The van der Waals surface area contributed by atoms with Crippen molar-refractivity contribution in [1.29, 1.82) is 0 Å². The first-order valence-electron chi connectivity index (χ1n) is 5.48. The van der Waals surface area contributed by atoms with Crippen LogP contribution in [0.5, 0.6) is 0 Å².